The standard InChI is InChI=1S/C15H15BrN4S/c1-15(2,14-18-5-6-21-14)20-13-10-7-9(16)3-4-12(10)19-8-11(13)17/h3-8H,17H2,1-2H3,(H,19,20). The highest BCUT2D eigenvalue weighted by molar-refractivity contribution is 9.10. The fourth-order valence-electron chi connectivity index (χ4n) is 2.22. The first-order valence-electron chi connectivity index (χ1n) is 6.49. The smallest absolute Gasteiger partial charge is 0.117 e. The molecule has 0 saturated heterocycles. The summed E-state index contributed by atoms with van der Waals surface area (Å²) in [6.45, 7) is 4.19. The highest BCUT2D eigenvalue weighted by Crippen LogP contribution is 2.35. The van der Waals surface area contributed by atoms with E-state index in [2.05, 4.69) is 45.1 Å². The molecule has 3 rings (SSSR count). The zero-order valence-electron chi connectivity index (χ0n) is 11.7. The molecule has 0 radical (unpaired) electrons. The van der Waals surface area contributed by atoms with Crippen LogP contribution in [0.3, 0.4) is 0 Å². The number of aromatic nitrogens is 2. The van der Waals surface area contributed by atoms with Gasteiger partial charge in [-0.2, -0.15) is 0 Å². The normalized spacial score (nSPS) is 11.8. The summed E-state index contributed by atoms with van der Waals surface area (Å²) in [4.78, 5) is 8.78. The van der Waals surface area contributed by atoms with E-state index >= 15 is 0 Å². The number of anilines is 2. The van der Waals surface area contributed by atoms with E-state index in [4.69, 9.17) is 5.73 Å². The van der Waals surface area contributed by atoms with Crippen LogP contribution in [0, 0.1) is 0 Å². The van der Waals surface area contributed by atoms with Crippen molar-refractivity contribution in [2.24, 2.45) is 0 Å². The minimum atomic E-state index is -0.307. The van der Waals surface area contributed by atoms with Gasteiger partial charge in [-0.05, 0) is 32.0 Å². The third-order valence-electron chi connectivity index (χ3n) is 3.26. The average molecular weight is 363 g/mol. The fourth-order valence-corrected chi connectivity index (χ4v) is 3.30. The number of pyridine rings is 1. The molecular formula is C15H15BrN4S. The van der Waals surface area contributed by atoms with Crippen molar-refractivity contribution >= 4 is 49.5 Å². The highest BCUT2D eigenvalue weighted by atomic mass is 79.9. The first-order valence-corrected chi connectivity index (χ1v) is 8.16. The molecule has 2 aromatic heterocycles. The molecule has 3 aromatic rings. The predicted molar refractivity (Wildman–Crippen MR) is 92.6 cm³/mol. The zero-order valence-corrected chi connectivity index (χ0v) is 14.1. The van der Waals surface area contributed by atoms with E-state index in [9.17, 15) is 0 Å². The van der Waals surface area contributed by atoms with E-state index in [1.54, 1.807) is 17.5 Å². The summed E-state index contributed by atoms with van der Waals surface area (Å²) in [5.74, 6) is 0. The summed E-state index contributed by atoms with van der Waals surface area (Å²) >= 11 is 5.13. The summed E-state index contributed by atoms with van der Waals surface area (Å²) in [6, 6.07) is 5.97. The van der Waals surface area contributed by atoms with E-state index < -0.39 is 0 Å². The third-order valence-corrected chi connectivity index (χ3v) is 4.85. The average Bonchev–Trinajstić information content (AvgIpc) is 2.97. The number of nitrogen functional groups attached to an aromatic ring is 1. The molecule has 0 fully saturated rings. The van der Waals surface area contributed by atoms with Crippen LogP contribution in [0.1, 0.15) is 18.9 Å². The van der Waals surface area contributed by atoms with Crippen molar-refractivity contribution in [2.45, 2.75) is 19.4 Å². The highest BCUT2D eigenvalue weighted by Gasteiger charge is 2.25. The Hall–Kier alpha value is -1.66. The van der Waals surface area contributed by atoms with Crippen LogP contribution in [-0.4, -0.2) is 9.97 Å². The molecule has 4 nitrogen and oxygen atoms in total. The summed E-state index contributed by atoms with van der Waals surface area (Å²) < 4.78 is 0.998. The molecule has 0 aliphatic carbocycles. The van der Waals surface area contributed by atoms with Gasteiger partial charge in [0.2, 0.25) is 0 Å². The molecule has 0 amide bonds. The van der Waals surface area contributed by atoms with Gasteiger partial charge in [0.1, 0.15) is 5.01 Å². The van der Waals surface area contributed by atoms with E-state index in [-0.39, 0.29) is 5.54 Å². The Labute approximate surface area is 135 Å². The molecule has 0 aliphatic rings. The van der Waals surface area contributed by atoms with Crippen molar-refractivity contribution in [1.82, 2.24) is 9.97 Å². The SMILES string of the molecule is CC(C)(Nc1c(N)cnc2ccc(Br)cc12)c1nccs1. The maximum atomic E-state index is 6.14. The Morgan fingerprint density at radius 2 is 2.10 bits per heavy atom. The molecule has 0 bridgehead atoms. The number of nitrogens with zero attached hydrogens (tertiary/aromatic N) is 2. The topological polar surface area (TPSA) is 63.8 Å². The van der Waals surface area contributed by atoms with Gasteiger partial charge in [0, 0.05) is 21.4 Å². The largest absolute Gasteiger partial charge is 0.396 e. The minimum Gasteiger partial charge on any atom is -0.396 e. The Balaban J connectivity index is 2.12. The van der Waals surface area contributed by atoms with Crippen molar-refractivity contribution in [2.75, 3.05) is 11.1 Å². The van der Waals surface area contributed by atoms with E-state index in [0.29, 0.717) is 5.69 Å². The number of hydrogen-bond acceptors (Lipinski definition) is 5. The van der Waals surface area contributed by atoms with Crippen LogP contribution in [0.5, 0.6) is 0 Å². The number of thiazole rings is 1. The number of benzene rings is 1. The quantitative estimate of drug-likeness (QED) is 0.725. The number of hydrogen-bond donors (Lipinski definition) is 2. The molecule has 0 unspecified atom stereocenters. The van der Waals surface area contributed by atoms with Crippen LogP contribution >= 0.6 is 27.3 Å². The molecule has 0 atom stereocenters. The molecule has 1 aromatic carbocycles. The molecule has 0 saturated carbocycles. The number of halogens is 1. The first-order chi connectivity index (χ1) is 9.97. The van der Waals surface area contributed by atoms with Crippen molar-refractivity contribution in [3.05, 3.63) is 45.5 Å². The molecular weight excluding hydrogens is 348 g/mol. The Morgan fingerprint density at radius 3 is 2.81 bits per heavy atom. The molecule has 0 spiro atoms. The van der Waals surface area contributed by atoms with Crippen LogP contribution in [-0.2, 0) is 5.54 Å². The lowest BCUT2D eigenvalue weighted by Crippen LogP contribution is -2.28. The van der Waals surface area contributed by atoms with Gasteiger partial charge in [-0.15, -0.1) is 11.3 Å². The maximum absolute atomic E-state index is 6.14. The number of fused-ring (bicyclic) bond motifs is 1. The number of nitrogens with two attached hydrogens (primary N) is 1. The van der Waals surface area contributed by atoms with Gasteiger partial charge in [-0.1, -0.05) is 15.9 Å². The van der Waals surface area contributed by atoms with Crippen LogP contribution in [0.15, 0.2) is 40.4 Å². The second-order valence-electron chi connectivity index (χ2n) is 5.34. The molecule has 108 valence electrons. The monoisotopic (exact) mass is 362 g/mol. The van der Waals surface area contributed by atoms with Gasteiger partial charge in [0.05, 0.1) is 28.6 Å². The van der Waals surface area contributed by atoms with Gasteiger partial charge in [0.25, 0.3) is 0 Å². The summed E-state index contributed by atoms with van der Waals surface area (Å²) in [5.41, 5.74) is 8.26. The Morgan fingerprint density at radius 1 is 1.29 bits per heavy atom. The molecule has 6 heteroatoms. The Kier molecular flexibility index (Phi) is 3.59. The molecule has 2 heterocycles. The lowest BCUT2D eigenvalue weighted by molar-refractivity contribution is 0.605. The zero-order chi connectivity index (χ0) is 15.0. The van der Waals surface area contributed by atoms with E-state index in [0.717, 1.165) is 26.1 Å². The van der Waals surface area contributed by atoms with Gasteiger partial charge in [-0.25, -0.2) is 4.98 Å². The number of rotatable bonds is 3. The van der Waals surface area contributed by atoms with Crippen LogP contribution in [0.2, 0.25) is 0 Å². The van der Waals surface area contributed by atoms with Crippen molar-refractivity contribution in [3.63, 3.8) is 0 Å². The number of nitrogens with one attached hydrogen (secondary N) is 1. The summed E-state index contributed by atoms with van der Waals surface area (Å²) in [6.07, 6.45) is 3.50. The lowest BCUT2D eigenvalue weighted by Gasteiger charge is -2.27. The molecule has 21 heavy (non-hydrogen) atoms. The summed E-state index contributed by atoms with van der Waals surface area (Å²) in [5, 5.41) is 7.51. The molecule has 0 aliphatic heterocycles. The first kappa shape index (κ1) is 14.3. The second kappa shape index (κ2) is 5.27. The van der Waals surface area contributed by atoms with Crippen molar-refractivity contribution in [3.8, 4) is 0 Å². The predicted octanol–water partition coefficient (Wildman–Crippen LogP) is 4.38. The fraction of sp³-hybridized carbons (Fsp3) is 0.200. The van der Waals surface area contributed by atoms with Gasteiger partial charge in [0.15, 0.2) is 0 Å². The van der Waals surface area contributed by atoms with Gasteiger partial charge in [-0.3, -0.25) is 4.98 Å². The Bertz CT molecular complexity index is 778. The lowest BCUT2D eigenvalue weighted by atomic mass is 10.0. The summed E-state index contributed by atoms with van der Waals surface area (Å²) in [7, 11) is 0. The van der Waals surface area contributed by atoms with Crippen LogP contribution in [0.4, 0.5) is 11.4 Å². The van der Waals surface area contributed by atoms with E-state index in [1.807, 2.05) is 29.8 Å². The third kappa shape index (κ3) is 2.73. The second-order valence-corrected chi connectivity index (χ2v) is 7.15. The van der Waals surface area contributed by atoms with Crippen molar-refractivity contribution in [1.29, 1.82) is 0 Å². The molecule has 3 N–H and O–H groups in total. The van der Waals surface area contributed by atoms with Crippen molar-refractivity contribution < 1.29 is 0 Å². The van der Waals surface area contributed by atoms with Crippen LogP contribution in [0.25, 0.3) is 10.9 Å². The minimum absolute atomic E-state index is 0.307. The van der Waals surface area contributed by atoms with Gasteiger partial charge >= 0.3 is 0 Å². The maximum Gasteiger partial charge on any atom is 0.117 e. The van der Waals surface area contributed by atoms with Crippen LogP contribution < -0.4 is 11.1 Å². The van der Waals surface area contributed by atoms with Gasteiger partial charge < -0.3 is 11.1 Å². The van der Waals surface area contributed by atoms with E-state index in [1.165, 1.54) is 0 Å².